The summed E-state index contributed by atoms with van der Waals surface area (Å²) in [5.74, 6) is -0.855. The molecule has 1 amide bonds. The Kier molecular flexibility index (Phi) is 5.05. The maximum absolute atomic E-state index is 13.0. The van der Waals surface area contributed by atoms with Crippen molar-refractivity contribution < 1.29 is 22.7 Å². The Hall–Kier alpha value is -1.77. The monoisotopic (exact) mass is 407 g/mol. The molecule has 0 heterocycles. The van der Waals surface area contributed by atoms with Crippen molar-refractivity contribution >= 4 is 34.2 Å². The van der Waals surface area contributed by atoms with Crippen molar-refractivity contribution in [1.82, 2.24) is 0 Å². The Morgan fingerprint density at radius 1 is 1.14 bits per heavy atom. The van der Waals surface area contributed by atoms with Crippen molar-refractivity contribution in [2.24, 2.45) is 0 Å². The van der Waals surface area contributed by atoms with Crippen LogP contribution < -0.4 is 10.1 Å². The molecule has 0 fully saturated rings. The average molecular weight is 407 g/mol. The normalized spacial score (nSPS) is 10.5. The van der Waals surface area contributed by atoms with Crippen LogP contribution in [0.4, 0.5) is 18.9 Å². The highest BCUT2D eigenvalue weighted by Gasteiger charge is 2.10. The van der Waals surface area contributed by atoms with Crippen LogP contribution in [0.2, 0.25) is 0 Å². The van der Waals surface area contributed by atoms with E-state index >= 15 is 0 Å². The van der Waals surface area contributed by atoms with Crippen molar-refractivity contribution in [2.75, 3.05) is 5.32 Å². The number of anilines is 1. The Balaban J connectivity index is 2.09. The van der Waals surface area contributed by atoms with E-state index in [9.17, 15) is 18.0 Å². The van der Waals surface area contributed by atoms with Gasteiger partial charge in [0.25, 0.3) is 5.91 Å². The Morgan fingerprint density at radius 3 is 2.38 bits per heavy atom. The first kappa shape index (κ1) is 15.6. The van der Waals surface area contributed by atoms with Crippen molar-refractivity contribution in [1.29, 1.82) is 0 Å². The van der Waals surface area contributed by atoms with Gasteiger partial charge in [0.1, 0.15) is 11.6 Å². The molecule has 0 aromatic heterocycles. The van der Waals surface area contributed by atoms with Gasteiger partial charge >= 0.3 is 6.61 Å². The fraction of sp³-hybridized carbons (Fsp3) is 0.0714. The molecule has 3 nitrogen and oxygen atoms in total. The molecule has 1 N–H and O–H groups in total. The van der Waals surface area contributed by atoms with E-state index in [1.54, 1.807) is 0 Å². The fourth-order valence-corrected chi connectivity index (χ4v) is 2.19. The second-order valence-corrected chi connectivity index (χ2v) is 5.14. The van der Waals surface area contributed by atoms with E-state index in [0.717, 1.165) is 0 Å². The predicted molar refractivity (Wildman–Crippen MR) is 80.1 cm³/mol. The highest BCUT2D eigenvalue weighted by atomic mass is 127. The molecule has 0 bridgehead atoms. The van der Waals surface area contributed by atoms with Crippen LogP contribution in [0.15, 0.2) is 42.5 Å². The number of hydrogen-bond acceptors (Lipinski definition) is 2. The van der Waals surface area contributed by atoms with Crippen LogP contribution in [0, 0.1) is 9.39 Å². The van der Waals surface area contributed by atoms with Gasteiger partial charge in [0.2, 0.25) is 0 Å². The van der Waals surface area contributed by atoms with E-state index in [-0.39, 0.29) is 11.3 Å². The van der Waals surface area contributed by atoms with E-state index < -0.39 is 18.3 Å². The number of benzene rings is 2. The van der Waals surface area contributed by atoms with Crippen LogP contribution in [0.3, 0.4) is 0 Å². The van der Waals surface area contributed by atoms with Crippen LogP contribution >= 0.6 is 22.6 Å². The van der Waals surface area contributed by atoms with Gasteiger partial charge in [-0.15, -0.1) is 0 Å². The zero-order valence-corrected chi connectivity index (χ0v) is 12.6. The van der Waals surface area contributed by atoms with Crippen molar-refractivity contribution in [3.8, 4) is 5.75 Å². The second-order valence-electron chi connectivity index (χ2n) is 3.98. The summed E-state index contributed by atoms with van der Waals surface area (Å²) in [6, 6.07) is 9.25. The summed E-state index contributed by atoms with van der Waals surface area (Å²) in [5, 5.41) is 2.61. The number of alkyl halides is 2. The maximum Gasteiger partial charge on any atom is 0.387 e. The van der Waals surface area contributed by atoms with Gasteiger partial charge in [0, 0.05) is 9.13 Å². The van der Waals surface area contributed by atoms with Crippen molar-refractivity contribution in [3.63, 3.8) is 0 Å². The molecule has 2 aromatic carbocycles. The zero-order valence-electron chi connectivity index (χ0n) is 10.4. The summed E-state index contributed by atoms with van der Waals surface area (Å²) >= 11 is 1.90. The van der Waals surface area contributed by atoms with Gasteiger partial charge in [-0.25, -0.2) is 4.39 Å². The average Bonchev–Trinajstić information content (AvgIpc) is 2.42. The molecule has 0 spiro atoms. The van der Waals surface area contributed by atoms with Gasteiger partial charge in [0.05, 0.1) is 5.69 Å². The Morgan fingerprint density at radius 2 is 1.81 bits per heavy atom. The van der Waals surface area contributed by atoms with Crippen LogP contribution in [-0.2, 0) is 0 Å². The van der Waals surface area contributed by atoms with Gasteiger partial charge in [-0.1, -0.05) is 0 Å². The summed E-state index contributed by atoms with van der Waals surface area (Å²) in [4.78, 5) is 12.0. The number of carbonyl (C=O) groups is 1. The summed E-state index contributed by atoms with van der Waals surface area (Å²) < 4.78 is 41.7. The molecule has 0 aliphatic carbocycles. The molecule has 0 saturated carbocycles. The topological polar surface area (TPSA) is 38.3 Å². The Bertz CT molecular complexity index is 647. The molecular formula is C14H9F3INO2. The third kappa shape index (κ3) is 4.35. The van der Waals surface area contributed by atoms with Crippen LogP contribution in [0.25, 0.3) is 0 Å². The second kappa shape index (κ2) is 6.79. The molecule has 21 heavy (non-hydrogen) atoms. The first-order valence-electron chi connectivity index (χ1n) is 5.77. The molecule has 2 aromatic rings. The number of nitrogens with one attached hydrogen (secondary N) is 1. The minimum Gasteiger partial charge on any atom is -0.435 e. The van der Waals surface area contributed by atoms with Crippen LogP contribution in [0.1, 0.15) is 10.4 Å². The highest BCUT2D eigenvalue weighted by Crippen LogP contribution is 2.21. The lowest BCUT2D eigenvalue weighted by Gasteiger charge is -2.08. The summed E-state index contributed by atoms with van der Waals surface area (Å²) in [6.45, 7) is -2.91. The maximum atomic E-state index is 13.0. The van der Waals surface area contributed by atoms with Gasteiger partial charge in [-0.2, -0.15) is 8.78 Å². The van der Waals surface area contributed by atoms with E-state index in [4.69, 9.17) is 0 Å². The van der Waals surface area contributed by atoms with E-state index in [0.29, 0.717) is 9.26 Å². The lowest BCUT2D eigenvalue weighted by atomic mass is 10.2. The standard InChI is InChI=1S/C14H9F3INO2/c15-9-3-6-12(11(18)7-9)19-13(20)8-1-4-10(5-2-8)21-14(16)17/h1-7,14H,(H,19,20). The van der Waals surface area contributed by atoms with Crippen molar-refractivity contribution in [2.45, 2.75) is 6.61 Å². The fourth-order valence-electron chi connectivity index (χ4n) is 1.57. The molecule has 0 saturated heterocycles. The van der Waals surface area contributed by atoms with E-state index in [2.05, 4.69) is 10.1 Å². The van der Waals surface area contributed by atoms with Gasteiger partial charge < -0.3 is 10.1 Å². The lowest BCUT2D eigenvalue weighted by molar-refractivity contribution is -0.0498. The molecule has 0 radical (unpaired) electrons. The summed E-state index contributed by atoms with van der Waals surface area (Å²) in [7, 11) is 0. The lowest BCUT2D eigenvalue weighted by Crippen LogP contribution is -2.13. The van der Waals surface area contributed by atoms with E-state index in [1.165, 1.54) is 42.5 Å². The van der Waals surface area contributed by atoms with Gasteiger partial charge in [-0.3, -0.25) is 4.79 Å². The van der Waals surface area contributed by atoms with Crippen LogP contribution in [0.5, 0.6) is 5.75 Å². The third-order valence-corrected chi connectivity index (χ3v) is 3.41. The number of rotatable bonds is 4. The number of halogens is 4. The van der Waals surface area contributed by atoms with Crippen molar-refractivity contribution in [3.05, 3.63) is 57.4 Å². The number of carbonyl (C=O) groups excluding carboxylic acids is 1. The SMILES string of the molecule is O=C(Nc1ccc(F)cc1I)c1ccc(OC(F)F)cc1. The van der Waals surface area contributed by atoms with Gasteiger partial charge in [0.15, 0.2) is 0 Å². The number of ether oxygens (including phenoxy) is 1. The first-order valence-corrected chi connectivity index (χ1v) is 6.85. The Labute approximate surface area is 132 Å². The summed E-state index contributed by atoms with van der Waals surface area (Å²) in [5.41, 5.74) is 0.742. The molecular weight excluding hydrogens is 398 g/mol. The van der Waals surface area contributed by atoms with Gasteiger partial charge in [-0.05, 0) is 65.1 Å². The minimum absolute atomic E-state index is 0.0297. The number of amides is 1. The van der Waals surface area contributed by atoms with E-state index in [1.807, 2.05) is 22.6 Å². The zero-order chi connectivity index (χ0) is 15.4. The number of hydrogen-bond donors (Lipinski definition) is 1. The molecule has 0 aliphatic rings. The molecule has 2 rings (SSSR count). The molecule has 0 atom stereocenters. The quantitative estimate of drug-likeness (QED) is 0.769. The predicted octanol–water partition coefficient (Wildman–Crippen LogP) is 4.28. The highest BCUT2D eigenvalue weighted by molar-refractivity contribution is 14.1. The third-order valence-electron chi connectivity index (χ3n) is 2.52. The molecule has 0 aliphatic heterocycles. The largest absolute Gasteiger partial charge is 0.435 e. The minimum atomic E-state index is -2.91. The van der Waals surface area contributed by atoms with Crippen LogP contribution in [-0.4, -0.2) is 12.5 Å². The molecule has 110 valence electrons. The molecule has 7 heteroatoms. The summed E-state index contributed by atoms with van der Waals surface area (Å²) in [6.07, 6.45) is 0. The smallest absolute Gasteiger partial charge is 0.387 e. The molecule has 0 unspecified atom stereocenters. The first-order chi connectivity index (χ1) is 9.95.